The van der Waals surface area contributed by atoms with Gasteiger partial charge in [-0.1, -0.05) is 72.8 Å². The summed E-state index contributed by atoms with van der Waals surface area (Å²) in [5, 5.41) is 6.25. The number of nitrogens with one attached hydrogen (secondary N) is 3. The predicted molar refractivity (Wildman–Crippen MR) is 158 cm³/mol. The summed E-state index contributed by atoms with van der Waals surface area (Å²) in [5.74, 6) is 0.136. The molecule has 0 aliphatic rings. The minimum atomic E-state index is -3.80. The van der Waals surface area contributed by atoms with Crippen molar-refractivity contribution < 1.29 is 13.2 Å². The average molecular weight is 548 g/mol. The highest BCUT2D eigenvalue weighted by Gasteiger charge is 2.16. The zero-order chi connectivity index (χ0) is 27.7. The van der Waals surface area contributed by atoms with Gasteiger partial charge in [-0.25, -0.2) is 13.4 Å². The molecule has 0 saturated heterocycles. The second kappa shape index (κ2) is 10.2. The number of fused-ring (bicyclic) bond motifs is 2. The maximum atomic E-state index is 13.1. The van der Waals surface area contributed by atoms with Gasteiger partial charge in [-0.15, -0.1) is 0 Å². The molecule has 5 aromatic carbocycles. The summed E-state index contributed by atoms with van der Waals surface area (Å²) >= 11 is 0. The highest BCUT2D eigenvalue weighted by Crippen LogP contribution is 2.26. The number of imidazole rings is 1. The molecule has 6 aromatic rings. The molecule has 0 bridgehead atoms. The minimum Gasteiger partial charge on any atom is -0.369 e. The third kappa shape index (κ3) is 5.10. The number of benzene rings is 5. The van der Waals surface area contributed by atoms with Gasteiger partial charge in [-0.3, -0.25) is 9.52 Å². The molecule has 0 fully saturated rings. The van der Waals surface area contributed by atoms with Gasteiger partial charge in [0.15, 0.2) is 5.95 Å². The molecule has 0 saturated carbocycles. The third-order valence-electron chi connectivity index (χ3n) is 6.72. The zero-order valence-corrected chi connectivity index (χ0v) is 22.1. The van der Waals surface area contributed by atoms with Gasteiger partial charge < -0.3 is 16.0 Å². The summed E-state index contributed by atoms with van der Waals surface area (Å²) in [6.07, 6.45) is 1.67. The lowest BCUT2D eigenvalue weighted by atomic mass is 10.0. The Balaban J connectivity index is 1.17. The molecule has 0 aliphatic heterocycles. The molecular formula is C31H25N5O3S. The Hall–Kier alpha value is -5.15. The lowest BCUT2D eigenvalue weighted by Gasteiger charge is -2.12. The fourth-order valence-corrected chi connectivity index (χ4v) is 5.74. The number of H-pyrrole nitrogens is 1. The van der Waals surface area contributed by atoms with Crippen LogP contribution in [0, 0.1) is 0 Å². The van der Waals surface area contributed by atoms with Gasteiger partial charge in [0.05, 0.1) is 16.8 Å². The van der Waals surface area contributed by atoms with E-state index < -0.39 is 10.0 Å². The van der Waals surface area contributed by atoms with E-state index in [2.05, 4.69) is 20.0 Å². The highest BCUT2D eigenvalue weighted by atomic mass is 32.2. The highest BCUT2D eigenvalue weighted by molar-refractivity contribution is 7.92. The fourth-order valence-electron chi connectivity index (χ4n) is 4.66. The SMILES string of the molecule is Nc1ncc(-c2ccc(CNC(=O)c3cccc4cc(NS(=O)(=O)c5ccc6ccccc6c5)ccc34)cc2)[nH]1. The molecule has 0 spiro atoms. The van der Waals surface area contributed by atoms with Crippen molar-refractivity contribution in [3.8, 4) is 11.3 Å². The Bertz CT molecular complexity index is 1980. The van der Waals surface area contributed by atoms with E-state index in [9.17, 15) is 13.2 Å². The van der Waals surface area contributed by atoms with Crippen LogP contribution in [0.5, 0.6) is 0 Å². The van der Waals surface area contributed by atoms with Crippen molar-refractivity contribution in [1.82, 2.24) is 15.3 Å². The monoisotopic (exact) mass is 547 g/mol. The van der Waals surface area contributed by atoms with Crippen LogP contribution in [-0.2, 0) is 16.6 Å². The van der Waals surface area contributed by atoms with Crippen molar-refractivity contribution in [2.24, 2.45) is 0 Å². The number of amides is 1. The first kappa shape index (κ1) is 25.1. The van der Waals surface area contributed by atoms with E-state index >= 15 is 0 Å². The quantitative estimate of drug-likeness (QED) is 0.204. The second-order valence-electron chi connectivity index (χ2n) is 9.42. The summed E-state index contributed by atoms with van der Waals surface area (Å²) < 4.78 is 28.8. The number of hydrogen-bond acceptors (Lipinski definition) is 5. The number of anilines is 2. The van der Waals surface area contributed by atoms with Crippen LogP contribution in [0.2, 0.25) is 0 Å². The van der Waals surface area contributed by atoms with Crippen LogP contribution in [0.4, 0.5) is 11.6 Å². The molecule has 0 unspecified atom stereocenters. The standard InChI is InChI=1S/C31H25N5O3S/c32-31-34-19-29(35-31)22-10-8-20(9-11-22)18-33-30(37)28-7-3-6-24-16-25(13-15-27(24)28)36-40(38,39)26-14-12-21-4-1-2-5-23(21)17-26/h1-17,19,36H,18H2,(H,33,37)(H3,32,34,35). The molecule has 198 valence electrons. The molecule has 0 aliphatic carbocycles. The van der Waals surface area contributed by atoms with Gasteiger partial charge in [-0.2, -0.15) is 0 Å². The number of aromatic nitrogens is 2. The van der Waals surface area contributed by atoms with Gasteiger partial charge in [0.1, 0.15) is 0 Å². The van der Waals surface area contributed by atoms with E-state index in [1.165, 1.54) is 0 Å². The molecular weight excluding hydrogens is 522 g/mol. The van der Waals surface area contributed by atoms with E-state index in [4.69, 9.17) is 5.73 Å². The summed E-state index contributed by atoms with van der Waals surface area (Å²) in [6, 6.07) is 30.9. The van der Waals surface area contributed by atoms with Crippen molar-refractivity contribution in [3.05, 3.63) is 120 Å². The van der Waals surface area contributed by atoms with Crippen LogP contribution >= 0.6 is 0 Å². The number of sulfonamides is 1. The fraction of sp³-hybridized carbons (Fsp3) is 0.0323. The van der Waals surface area contributed by atoms with Crippen molar-refractivity contribution in [1.29, 1.82) is 0 Å². The maximum absolute atomic E-state index is 13.1. The number of nitrogen functional groups attached to an aromatic ring is 1. The molecule has 6 rings (SSSR count). The molecule has 5 N–H and O–H groups in total. The van der Waals surface area contributed by atoms with Crippen LogP contribution in [0.15, 0.2) is 114 Å². The Labute approximate surface area is 230 Å². The first-order valence-electron chi connectivity index (χ1n) is 12.6. The largest absolute Gasteiger partial charge is 0.369 e. The van der Waals surface area contributed by atoms with E-state index in [-0.39, 0.29) is 10.8 Å². The summed E-state index contributed by atoms with van der Waals surface area (Å²) in [6.45, 7) is 0.351. The molecule has 1 aromatic heterocycles. The average Bonchev–Trinajstić information content (AvgIpc) is 3.41. The summed E-state index contributed by atoms with van der Waals surface area (Å²) in [7, 11) is -3.80. The summed E-state index contributed by atoms with van der Waals surface area (Å²) in [4.78, 5) is 20.3. The van der Waals surface area contributed by atoms with Gasteiger partial charge in [0.2, 0.25) is 0 Å². The molecule has 40 heavy (non-hydrogen) atoms. The van der Waals surface area contributed by atoms with E-state index in [1.807, 2.05) is 54.6 Å². The van der Waals surface area contributed by atoms with E-state index in [0.717, 1.165) is 38.4 Å². The number of hydrogen-bond donors (Lipinski definition) is 4. The Morgan fingerprint density at radius 3 is 2.38 bits per heavy atom. The van der Waals surface area contributed by atoms with Crippen LogP contribution in [-0.4, -0.2) is 24.3 Å². The number of nitrogens with zero attached hydrogens (tertiary/aromatic N) is 1. The lowest BCUT2D eigenvalue weighted by molar-refractivity contribution is 0.0952. The molecule has 0 radical (unpaired) electrons. The van der Waals surface area contributed by atoms with Crippen LogP contribution in [0.3, 0.4) is 0 Å². The van der Waals surface area contributed by atoms with Crippen LogP contribution in [0.25, 0.3) is 32.8 Å². The predicted octanol–water partition coefficient (Wildman–Crippen LogP) is 5.70. The normalized spacial score (nSPS) is 11.5. The molecule has 1 heterocycles. The lowest BCUT2D eigenvalue weighted by Crippen LogP contribution is -2.23. The first-order chi connectivity index (χ1) is 19.4. The van der Waals surface area contributed by atoms with E-state index in [0.29, 0.717) is 23.7 Å². The Morgan fingerprint density at radius 1 is 0.825 bits per heavy atom. The van der Waals surface area contributed by atoms with Crippen molar-refractivity contribution in [2.45, 2.75) is 11.4 Å². The van der Waals surface area contributed by atoms with Crippen LogP contribution in [0.1, 0.15) is 15.9 Å². The van der Waals surface area contributed by atoms with Gasteiger partial charge >= 0.3 is 0 Å². The van der Waals surface area contributed by atoms with Gasteiger partial charge in [0, 0.05) is 17.8 Å². The minimum absolute atomic E-state index is 0.182. The molecule has 9 heteroatoms. The smallest absolute Gasteiger partial charge is 0.261 e. The maximum Gasteiger partial charge on any atom is 0.261 e. The Kier molecular flexibility index (Phi) is 6.41. The van der Waals surface area contributed by atoms with E-state index in [1.54, 1.807) is 54.7 Å². The van der Waals surface area contributed by atoms with Gasteiger partial charge in [0.25, 0.3) is 15.9 Å². The third-order valence-corrected chi connectivity index (χ3v) is 8.10. The number of carbonyl (C=O) groups is 1. The van der Waals surface area contributed by atoms with Crippen LogP contribution < -0.4 is 15.8 Å². The molecule has 1 amide bonds. The number of aromatic amines is 1. The van der Waals surface area contributed by atoms with Crippen molar-refractivity contribution in [2.75, 3.05) is 10.5 Å². The zero-order valence-electron chi connectivity index (χ0n) is 21.3. The van der Waals surface area contributed by atoms with Crippen molar-refractivity contribution in [3.63, 3.8) is 0 Å². The molecule has 8 nitrogen and oxygen atoms in total. The van der Waals surface area contributed by atoms with Crippen molar-refractivity contribution >= 4 is 49.1 Å². The number of carbonyl (C=O) groups excluding carboxylic acids is 1. The Morgan fingerprint density at radius 2 is 1.60 bits per heavy atom. The number of rotatable bonds is 7. The topological polar surface area (TPSA) is 130 Å². The molecule has 0 atom stereocenters. The number of nitrogens with two attached hydrogens (primary N) is 1. The summed E-state index contributed by atoms with van der Waals surface area (Å²) in [5.41, 5.74) is 9.28. The first-order valence-corrected chi connectivity index (χ1v) is 14.1. The second-order valence-corrected chi connectivity index (χ2v) is 11.1. The van der Waals surface area contributed by atoms with Gasteiger partial charge in [-0.05, 0) is 63.0 Å².